The number of nitrogens with one attached hydrogen (secondary N) is 2. The van der Waals surface area contributed by atoms with Gasteiger partial charge in [-0.25, -0.2) is 0 Å². The van der Waals surface area contributed by atoms with Crippen LogP contribution in [0.1, 0.15) is 6.92 Å². The van der Waals surface area contributed by atoms with Crippen molar-refractivity contribution in [3.63, 3.8) is 0 Å². The number of halogens is 1. The highest BCUT2D eigenvalue weighted by Crippen LogP contribution is 2.17. The third-order valence-corrected chi connectivity index (χ3v) is 3.45. The fourth-order valence-corrected chi connectivity index (χ4v) is 2.48. The maximum atomic E-state index is 12.1. The Labute approximate surface area is 153 Å². The van der Waals surface area contributed by atoms with Gasteiger partial charge in [0.15, 0.2) is 0 Å². The number of carbonyl (C=O) groups is 1. The van der Waals surface area contributed by atoms with Crippen LogP contribution in [0.4, 0.5) is 11.5 Å². The van der Waals surface area contributed by atoms with Crippen LogP contribution in [0.3, 0.4) is 0 Å². The Kier molecular flexibility index (Phi) is 6.60. The van der Waals surface area contributed by atoms with E-state index in [1.807, 2.05) is 0 Å². The molecule has 0 spiro atoms. The molecule has 2 rings (SSSR count). The zero-order chi connectivity index (χ0) is 18.2. The summed E-state index contributed by atoms with van der Waals surface area (Å²) in [6.07, 6.45) is 1.68. The number of hydrogen-bond donors (Lipinski definition) is 2. The molecule has 1 amide bonds. The van der Waals surface area contributed by atoms with Crippen LogP contribution in [0.15, 0.2) is 39.7 Å². The van der Waals surface area contributed by atoms with E-state index in [-0.39, 0.29) is 18.1 Å². The van der Waals surface area contributed by atoms with Gasteiger partial charge in [0.1, 0.15) is 18.1 Å². The number of rotatable bonds is 6. The molecular formula is C17H17BrN4O3. The topological polar surface area (TPSA) is 85.2 Å². The van der Waals surface area contributed by atoms with Crippen LogP contribution in [0.25, 0.3) is 0 Å². The predicted octanol–water partition coefficient (Wildman–Crippen LogP) is 1.80. The van der Waals surface area contributed by atoms with Crippen LogP contribution in [-0.2, 0) is 11.8 Å². The van der Waals surface area contributed by atoms with Gasteiger partial charge in [-0.05, 0) is 40.9 Å². The Balaban J connectivity index is 1.98. The Morgan fingerprint density at radius 2 is 2.24 bits per heavy atom. The zero-order valence-corrected chi connectivity index (χ0v) is 15.4. The zero-order valence-electron chi connectivity index (χ0n) is 13.8. The van der Waals surface area contributed by atoms with Gasteiger partial charge >= 0.3 is 0 Å². The van der Waals surface area contributed by atoms with E-state index in [1.54, 1.807) is 44.4 Å². The standard InChI is InChI=1S/C17H17BrN4O3/c1-3-5-15(23)19-8-9-25-16-7-4-6-14(21-16)20-13-10-12(18)11-22(2)17(13)24/h4,6-7,10-11H,8-9H2,1-2H3,(H,19,23)(H,20,21). The molecule has 0 atom stereocenters. The molecule has 2 N–H and O–H groups in total. The molecule has 0 aromatic carbocycles. The van der Waals surface area contributed by atoms with Gasteiger partial charge in [0.2, 0.25) is 5.88 Å². The molecule has 2 aromatic heterocycles. The molecule has 0 radical (unpaired) electrons. The van der Waals surface area contributed by atoms with Crippen molar-refractivity contribution in [3.8, 4) is 17.7 Å². The lowest BCUT2D eigenvalue weighted by Crippen LogP contribution is -2.26. The van der Waals surface area contributed by atoms with Crippen molar-refractivity contribution in [1.82, 2.24) is 14.9 Å². The first kappa shape index (κ1) is 18.5. The molecule has 0 bridgehead atoms. The highest BCUT2D eigenvalue weighted by molar-refractivity contribution is 9.10. The average Bonchev–Trinajstić information content (AvgIpc) is 2.57. The molecule has 8 heteroatoms. The molecule has 0 aliphatic heterocycles. The highest BCUT2D eigenvalue weighted by atomic mass is 79.9. The number of anilines is 2. The largest absolute Gasteiger partial charge is 0.476 e. The lowest BCUT2D eigenvalue weighted by molar-refractivity contribution is -0.115. The monoisotopic (exact) mass is 404 g/mol. The summed E-state index contributed by atoms with van der Waals surface area (Å²) in [5, 5.41) is 5.58. The number of pyridine rings is 2. The summed E-state index contributed by atoms with van der Waals surface area (Å²) >= 11 is 3.35. The first-order chi connectivity index (χ1) is 12.0. The summed E-state index contributed by atoms with van der Waals surface area (Å²) in [4.78, 5) is 27.6. The molecule has 7 nitrogen and oxygen atoms in total. The van der Waals surface area contributed by atoms with E-state index in [0.717, 1.165) is 4.47 Å². The Hall–Kier alpha value is -2.79. The van der Waals surface area contributed by atoms with Crippen LogP contribution in [0.2, 0.25) is 0 Å². The van der Waals surface area contributed by atoms with Crippen molar-refractivity contribution in [2.24, 2.45) is 7.05 Å². The van der Waals surface area contributed by atoms with Gasteiger partial charge in [-0.1, -0.05) is 12.0 Å². The SMILES string of the molecule is CC#CC(=O)NCCOc1cccc(Nc2cc(Br)cn(C)c2=O)n1. The van der Waals surface area contributed by atoms with Crippen molar-refractivity contribution < 1.29 is 9.53 Å². The van der Waals surface area contributed by atoms with Crippen LogP contribution < -0.4 is 20.9 Å². The number of amides is 1. The van der Waals surface area contributed by atoms with E-state index in [4.69, 9.17) is 4.74 Å². The first-order valence-electron chi connectivity index (χ1n) is 7.43. The molecule has 2 heterocycles. The van der Waals surface area contributed by atoms with Gasteiger partial charge in [-0.3, -0.25) is 9.59 Å². The molecule has 0 saturated carbocycles. The number of ether oxygens (including phenoxy) is 1. The van der Waals surface area contributed by atoms with E-state index >= 15 is 0 Å². The summed E-state index contributed by atoms with van der Waals surface area (Å²) in [5.74, 6) is 5.41. The Morgan fingerprint density at radius 1 is 1.44 bits per heavy atom. The lowest BCUT2D eigenvalue weighted by atomic mass is 10.4. The summed E-state index contributed by atoms with van der Waals surface area (Å²) < 4.78 is 7.72. The second kappa shape index (κ2) is 8.89. The minimum atomic E-state index is -0.347. The minimum Gasteiger partial charge on any atom is -0.476 e. The van der Waals surface area contributed by atoms with E-state index < -0.39 is 0 Å². The van der Waals surface area contributed by atoms with E-state index in [1.165, 1.54) is 4.57 Å². The molecule has 130 valence electrons. The van der Waals surface area contributed by atoms with Gasteiger partial charge in [0, 0.05) is 23.8 Å². The normalized spacial score (nSPS) is 9.72. The number of aryl methyl sites for hydroxylation is 1. The van der Waals surface area contributed by atoms with Crippen molar-refractivity contribution in [2.45, 2.75) is 6.92 Å². The van der Waals surface area contributed by atoms with Crippen LogP contribution in [-0.4, -0.2) is 28.6 Å². The Bertz CT molecular complexity index is 883. The lowest BCUT2D eigenvalue weighted by Gasteiger charge is -2.10. The van der Waals surface area contributed by atoms with Crippen LogP contribution in [0, 0.1) is 11.8 Å². The summed E-state index contributed by atoms with van der Waals surface area (Å²) in [6, 6.07) is 6.86. The number of aromatic nitrogens is 2. The molecule has 0 aliphatic carbocycles. The van der Waals surface area contributed by atoms with Crippen LogP contribution >= 0.6 is 15.9 Å². The summed E-state index contributed by atoms with van der Waals surface area (Å²) in [5.41, 5.74) is 0.225. The highest BCUT2D eigenvalue weighted by Gasteiger charge is 2.06. The van der Waals surface area contributed by atoms with Crippen LogP contribution in [0.5, 0.6) is 5.88 Å². The van der Waals surface area contributed by atoms with Gasteiger partial charge in [0.25, 0.3) is 11.5 Å². The number of hydrogen-bond acceptors (Lipinski definition) is 5. The predicted molar refractivity (Wildman–Crippen MR) is 98.9 cm³/mol. The fraction of sp³-hybridized carbons (Fsp3) is 0.235. The fourth-order valence-electron chi connectivity index (χ4n) is 1.94. The second-order valence-corrected chi connectivity index (χ2v) is 5.87. The number of carbonyl (C=O) groups excluding carboxylic acids is 1. The number of nitrogens with zero attached hydrogens (tertiary/aromatic N) is 2. The summed E-state index contributed by atoms with van der Waals surface area (Å²) in [7, 11) is 1.67. The maximum Gasteiger partial charge on any atom is 0.295 e. The molecule has 0 unspecified atom stereocenters. The first-order valence-corrected chi connectivity index (χ1v) is 8.22. The molecule has 0 aliphatic rings. The van der Waals surface area contributed by atoms with Gasteiger partial charge in [-0.15, -0.1) is 0 Å². The average molecular weight is 405 g/mol. The van der Waals surface area contributed by atoms with Crippen molar-refractivity contribution in [2.75, 3.05) is 18.5 Å². The quantitative estimate of drug-likeness (QED) is 0.566. The molecule has 0 fully saturated rings. The maximum absolute atomic E-state index is 12.1. The third-order valence-electron chi connectivity index (χ3n) is 3.01. The molecule has 0 saturated heterocycles. The Morgan fingerprint density at radius 3 is 3.00 bits per heavy atom. The van der Waals surface area contributed by atoms with Crippen molar-refractivity contribution in [3.05, 3.63) is 45.3 Å². The van der Waals surface area contributed by atoms with Gasteiger partial charge < -0.3 is 19.9 Å². The van der Waals surface area contributed by atoms with Gasteiger partial charge in [-0.2, -0.15) is 4.98 Å². The smallest absolute Gasteiger partial charge is 0.295 e. The molecule has 2 aromatic rings. The third kappa shape index (κ3) is 5.65. The van der Waals surface area contributed by atoms with Crippen molar-refractivity contribution >= 4 is 33.3 Å². The molecule has 25 heavy (non-hydrogen) atoms. The minimum absolute atomic E-state index is 0.170. The van der Waals surface area contributed by atoms with E-state index in [9.17, 15) is 9.59 Å². The van der Waals surface area contributed by atoms with E-state index in [0.29, 0.717) is 23.9 Å². The molecular weight excluding hydrogens is 388 g/mol. The van der Waals surface area contributed by atoms with Gasteiger partial charge in [0.05, 0.1) is 6.54 Å². The van der Waals surface area contributed by atoms with E-state index in [2.05, 4.69) is 43.4 Å². The second-order valence-electron chi connectivity index (χ2n) is 4.95. The van der Waals surface area contributed by atoms with Crippen molar-refractivity contribution in [1.29, 1.82) is 0 Å². The summed E-state index contributed by atoms with van der Waals surface area (Å²) in [6.45, 7) is 2.17.